The van der Waals surface area contributed by atoms with E-state index in [1.54, 1.807) is 18.2 Å². The minimum atomic E-state index is -3.38. The van der Waals surface area contributed by atoms with Gasteiger partial charge in [0, 0.05) is 18.4 Å². The molecule has 1 heterocycles. The Morgan fingerprint density at radius 3 is 2.72 bits per heavy atom. The fraction of sp³-hybridized carbons (Fsp3) is 0.111. The lowest BCUT2D eigenvalue weighted by Crippen LogP contribution is -2.16. The molecule has 0 saturated heterocycles. The van der Waals surface area contributed by atoms with Crippen molar-refractivity contribution in [2.75, 3.05) is 6.26 Å². The summed E-state index contributed by atoms with van der Waals surface area (Å²) in [7, 11) is -3.38. The van der Waals surface area contributed by atoms with E-state index in [-0.39, 0.29) is 10.5 Å². The molecule has 0 saturated carbocycles. The van der Waals surface area contributed by atoms with Crippen molar-refractivity contribution in [3.8, 4) is 0 Å². The zero-order valence-electron chi connectivity index (χ0n) is 13.5. The van der Waals surface area contributed by atoms with Crippen LogP contribution in [0.3, 0.4) is 0 Å². The van der Waals surface area contributed by atoms with Crippen LogP contribution in [-0.4, -0.2) is 25.1 Å². The van der Waals surface area contributed by atoms with Gasteiger partial charge in [0.1, 0.15) is 0 Å². The molecule has 3 rings (SSSR count). The molecule has 0 bridgehead atoms. The Morgan fingerprint density at radius 1 is 1.24 bits per heavy atom. The summed E-state index contributed by atoms with van der Waals surface area (Å²) >= 11 is 1.41. The lowest BCUT2D eigenvalue weighted by Gasteiger charge is -2.02. The average molecular weight is 372 g/mol. The summed E-state index contributed by atoms with van der Waals surface area (Å²) in [6, 6.07) is 13.7. The molecule has 0 atom stereocenters. The fourth-order valence-corrected chi connectivity index (χ4v) is 4.13. The molecular formula is C18H16N2O3S2. The van der Waals surface area contributed by atoms with Gasteiger partial charge in [-0.05, 0) is 30.3 Å². The topological polar surface area (TPSA) is 68.5 Å². The number of fused-ring (bicyclic) bond motifs is 1. The first kappa shape index (κ1) is 17.3. The smallest absolute Gasteiger partial charge is 0.279 e. The molecule has 0 aliphatic carbocycles. The highest BCUT2D eigenvalue weighted by Gasteiger charge is 2.12. The van der Waals surface area contributed by atoms with Crippen LogP contribution in [0.25, 0.3) is 10.2 Å². The number of hydrogen-bond donors (Lipinski definition) is 0. The van der Waals surface area contributed by atoms with Gasteiger partial charge >= 0.3 is 0 Å². The summed E-state index contributed by atoms with van der Waals surface area (Å²) in [5, 5.41) is 0. The highest BCUT2D eigenvalue weighted by molar-refractivity contribution is 7.90. The number of para-hydroxylation sites is 1. The van der Waals surface area contributed by atoms with Crippen LogP contribution >= 0.6 is 11.3 Å². The van der Waals surface area contributed by atoms with Gasteiger partial charge in [-0.25, -0.2) is 8.42 Å². The first-order chi connectivity index (χ1) is 11.9. The molecule has 0 aliphatic heterocycles. The minimum absolute atomic E-state index is 0.101. The van der Waals surface area contributed by atoms with E-state index in [1.165, 1.54) is 23.5 Å². The Kier molecular flexibility index (Phi) is 4.69. The number of sulfone groups is 1. The summed E-state index contributed by atoms with van der Waals surface area (Å²) in [5.74, 6) is -0.477. The van der Waals surface area contributed by atoms with Gasteiger partial charge in [0.25, 0.3) is 5.91 Å². The van der Waals surface area contributed by atoms with Gasteiger partial charge in [-0.3, -0.25) is 4.79 Å². The second kappa shape index (κ2) is 6.78. The van der Waals surface area contributed by atoms with Crippen molar-refractivity contribution in [1.29, 1.82) is 0 Å². The SMILES string of the molecule is C=CCn1c(=NC(=O)c2cccc(S(C)(=O)=O)c2)sc2ccccc21. The third-order valence-electron chi connectivity index (χ3n) is 3.61. The van der Waals surface area contributed by atoms with Crippen LogP contribution in [0.4, 0.5) is 0 Å². The average Bonchev–Trinajstić information content (AvgIpc) is 2.92. The number of aromatic nitrogens is 1. The molecule has 3 aromatic rings. The van der Waals surface area contributed by atoms with Gasteiger partial charge in [0.2, 0.25) is 0 Å². The van der Waals surface area contributed by atoms with Gasteiger partial charge in [-0.1, -0.05) is 35.6 Å². The van der Waals surface area contributed by atoms with Crippen molar-refractivity contribution in [3.63, 3.8) is 0 Å². The predicted octanol–water partition coefficient (Wildman–Crippen LogP) is 3.03. The van der Waals surface area contributed by atoms with Gasteiger partial charge in [-0.15, -0.1) is 6.58 Å². The maximum absolute atomic E-state index is 12.5. The third kappa shape index (κ3) is 3.62. The van der Waals surface area contributed by atoms with Crippen molar-refractivity contribution < 1.29 is 13.2 Å². The van der Waals surface area contributed by atoms with E-state index in [9.17, 15) is 13.2 Å². The first-order valence-corrected chi connectivity index (χ1v) is 10.2. The number of thiazole rings is 1. The van der Waals surface area contributed by atoms with Crippen LogP contribution in [0.5, 0.6) is 0 Å². The predicted molar refractivity (Wildman–Crippen MR) is 99.5 cm³/mol. The summed E-state index contributed by atoms with van der Waals surface area (Å²) in [4.78, 5) is 17.4. The second-order valence-electron chi connectivity index (χ2n) is 5.47. The summed E-state index contributed by atoms with van der Waals surface area (Å²) in [6.45, 7) is 4.28. The maximum Gasteiger partial charge on any atom is 0.279 e. The Hall–Kier alpha value is -2.51. The van der Waals surface area contributed by atoms with Gasteiger partial charge in [-0.2, -0.15) is 4.99 Å². The van der Waals surface area contributed by atoms with Crippen molar-refractivity contribution >= 4 is 37.3 Å². The number of nitrogens with zero attached hydrogens (tertiary/aromatic N) is 2. The van der Waals surface area contributed by atoms with Crippen molar-refractivity contribution in [2.45, 2.75) is 11.4 Å². The van der Waals surface area contributed by atoms with E-state index in [2.05, 4.69) is 11.6 Å². The molecule has 1 amide bonds. The Bertz CT molecular complexity index is 1140. The summed E-state index contributed by atoms with van der Waals surface area (Å²) < 4.78 is 26.3. The van der Waals surface area contributed by atoms with Crippen molar-refractivity contribution in [1.82, 2.24) is 4.57 Å². The zero-order valence-corrected chi connectivity index (χ0v) is 15.2. The van der Waals surface area contributed by atoms with Gasteiger partial charge in [0.05, 0.1) is 15.1 Å². The number of carbonyl (C=O) groups excluding carboxylic acids is 1. The van der Waals surface area contributed by atoms with Crippen LogP contribution in [0.1, 0.15) is 10.4 Å². The van der Waals surface area contributed by atoms with E-state index < -0.39 is 15.7 Å². The lowest BCUT2D eigenvalue weighted by molar-refractivity contribution is 0.0997. The normalized spacial score (nSPS) is 12.4. The molecule has 0 unspecified atom stereocenters. The summed E-state index contributed by atoms with van der Waals surface area (Å²) in [5.41, 5.74) is 1.22. The Labute approximate surface area is 149 Å². The number of rotatable bonds is 4. The zero-order chi connectivity index (χ0) is 18.0. The fourth-order valence-electron chi connectivity index (χ4n) is 2.42. The number of amides is 1. The molecule has 0 aliphatic rings. The Balaban J connectivity index is 2.12. The lowest BCUT2D eigenvalue weighted by atomic mass is 10.2. The molecule has 0 radical (unpaired) electrons. The van der Waals surface area contributed by atoms with Crippen LogP contribution in [0.15, 0.2) is 71.1 Å². The first-order valence-electron chi connectivity index (χ1n) is 7.48. The van der Waals surface area contributed by atoms with Crippen LogP contribution < -0.4 is 4.80 Å². The van der Waals surface area contributed by atoms with E-state index in [0.29, 0.717) is 11.3 Å². The van der Waals surface area contributed by atoms with Crippen molar-refractivity contribution in [2.24, 2.45) is 4.99 Å². The second-order valence-corrected chi connectivity index (χ2v) is 8.49. The monoisotopic (exact) mass is 372 g/mol. The molecule has 1 aromatic heterocycles. The quantitative estimate of drug-likeness (QED) is 0.661. The molecule has 0 N–H and O–H groups in total. The molecule has 128 valence electrons. The van der Waals surface area contributed by atoms with Crippen LogP contribution in [0, 0.1) is 0 Å². The van der Waals surface area contributed by atoms with E-state index in [0.717, 1.165) is 16.5 Å². The van der Waals surface area contributed by atoms with Crippen LogP contribution in [-0.2, 0) is 16.4 Å². The van der Waals surface area contributed by atoms with Gasteiger partial charge < -0.3 is 4.57 Å². The molecule has 0 fully saturated rings. The third-order valence-corrected chi connectivity index (χ3v) is 5.78. The largest absolute Gasteiger partial charge is 0.312 e. The van der Waals surface area contributed by atoms with Gasteiger partial charge in [0.15, 0.2) is 14.6 Å². The molecule has 5 nitrogen and oxygen atoms in total. The number of hydrogen-bond acceptors (Lipinski definition) is 4. The van der Waals surface area contributed by atoms with E-state index >= 15 is 0 Å². The Morgan fingerprint density at radius 2 is 2.00 bits per heavy atom. The molecular weight excluding hydrogens is 356 g/mol. The molecule has 0 spiro atoms. The molecule has 7 heteroatoms. The van der Waals surface area contributed by atoms with Crippen LogP contribution in [0.2, 0.25) is 0 Å². The highest BCUT2D eigenvalue weighted by Crippen LogP contribution is 2.17. The molecule has 2 aromatic carbocycles. The van der Waals surface area contributed by atoms with E-state index in [1.807, 2.05) is 28.8 Å². The number of carbonyl (C=O) groups is 1. The number of benzene rings is 2. The number of allylic oxidation sites excluding steroid dienone is 1. The molecule has 25 heavy (non-hydrogen) atoms. The van der Waals surface area contributed by atoms with E-state index in [4.69, 9.17) is 0 Å². The minimum Gasteiger partial charge on any atom is -0.312 e. The van der Waals surface area contributed by atoms with Crippen molar-refractivity contribution in [3.05, 3.63) is 71.6 Å². The maximum atomic E-state index is 12.5. The highest BCUT2D eigenvalue weighted by atomic mass is 32.2. The summed E-state index contributed by atoms with van der Waals surface area (Å²) in [6.07, 6.45) is 2.85. The standard InChI is InChI=1S/C18H16N2O3S2/c1-3-11-20-15-9-4-5-10-16(15)24-18(20)19-17(21)13-7-6-8-14(12-13)25(2,22)23/h3-10,12H,1,11H2,2H3.